The van der Waals surface area contributed by atoms with E-state index in [9.17, 15) is 4.79 Å². The predicted octanol–water partition coefficient (Wildman–Crippen LogP) is 0.115. The normalized spacial score (nSPS) is 16.9. The van der Waals surface area contributed by atoms with Gasteiger partial charge < -0.3 is 15.3 Å². The molecule has 0 spiro atoms. The van der Waals surface area contributed by atoms with Crippen molar-refractivity contribution in [3.05, 3.63) is 29.8 Å². The zero-order valence-electron chi connectivity index (χ0n) is 8.44. The van der Waals surface area contributed by atoms with E-state index in [-0.39, 0.29) is 12.5 Å². The summed E-state index contributed by atoms with van der Waals surface area (Å²) in [4.78, 5) is 13.3. The highest BCUT2D eigenvalue weighted by atomic mass is 16.3. The molecule has 1 saturated heterocycles. The molecular formula is C11H14N2O2. The first-order valence-electron chi connectivity index (χ1n) is 5.02. The van der Waals surface area contributed by atoms with Gasteiger partial charge in [0.15, 0.2) is 0 Å². The van der Waals surface area contributed by atoms with E-state index in [0.717, 1.165) is 17.8 Å². The topological polar surface area (TPSA) is 52.6 Å². The van der Waals surface area contributed by atoms with E-state index >= 15 is 0 Å². The largest absolute Gasteiger partial charge is 0.392 e. The lowest BCUT2D eigenvalue weighted by Gasteiger charge is -2.27. The zero-order valence-corrected chi connectivity index (χ0v) is 8.44. The van der Waals surface area contributed by atoms with Crippen LogP contribution < -0.4 is 10.2 Å². The number of nitrogens with zero attached hydrogens (tertiary/aromatic N) is 1. The molecule has 1 aliphatic rings. The van der Waals surface area contributed by atoms with Gasteiger partial charge in [0.2, 0.25) is 5.91 Å². The molecule has 80 valence electrons. The molecule has 1 amide bonds. The second-order valence-electron chi connectivity index (χ2n) is 3.55. The monoisotopic (exact) mass is 206 g/mol. The van der Waals surface area contributed by atoms with E-state index in [1.807, 2.05) is 24.3 Å². The van der Waals surface area contributed by atoms with E-state index in [4.69, 9.17) is 5.11 Å². The Morgan fingerprint density at radius 2 is 2.33 bits per heavy atom. The van der Waals surface area contributed by atoms with Gasteiger partial charge in [0, 0.05) is 18.8 Å². The molecule has 0 aliphatic carbocycles. The highest BCUT2D eigenvalue weighted by molar-refractivity contribution is 5.95. The van der Waals surface area contributed by atoms with Crippen molar-refractivity contribution in [1.29, 1.82) is 0 Å². The first kappa shape index (κ1) is 10.1. The molecule has 4 nitrogen and oxygen atoms in total. The summed E-state index contributed by atoms with van der Waals surface area (Å²) in [6, 6.07) is 7.44. The van der Waals surface area contributed by atoms with Crippen molar-refractivity contribution in [3.8, 4) is 0 Å². The molecule has 0 bridgehead atoms. The number of anilines is 1. The summed E-state index contributed by atoms with van der Waals surface area (Å²) in [5.41, 5.74) is 1.70. The second kappa shape index (κ2) is 4.42. The lowest BCUT2D eigenvalue weighted by atomic mass is 10.2. The van der Waals surface area contributed by atoms with Gasteiger partial charge >= 0.3 is 0 Å². The Hall–Kier alpha value is -1.39. The van der Waals surface area contributed by atoms with Crippen LogP contribution in [0.5, 0.6) is 0 Å². The summed E-state index contributed by atoms with van der Waals surface area (Å²) in [5.74, 6) is 0.0799. The summed E-state index contributed by atoms with van der Waals surface area (Å²) >= 11 is 0. The minimum absolute atomic E-state index is 0.00806. The average molecular weight is 206 g/mol. The van der Waals surface area contributed by atoms with E-state index in [2.05, 4.69) is 5.32 Å². The molecule has 1 fully saturated rings. The smallest absolute Gasteiger partial charge is 0.240 e. The van der Waals surface area contributed by atoms with E-state index < -0.39 is 0 Å². The number of aliphatic hydroxyl groups excluding tert-OH is 1. The highest BCUT2D eigenvalue weighted by Crippen LogP contribution is 2.17. The third kappa shape index (κ3) is 2.16. The fraction of sp³-hybridized carbons (Fsp3) is 0.364. The number of benzene rings is 1. The quantitative estimate of drug-likeness (QED) is 0.722. The maximum atomic E-state index is 11.6. The molecule has 0 radical (unpaired) electrons. The van der Waals surface area contributed by atoms with Crippen LogP contribution in [-0.4, -0.2) is 30.6 Å². The van der Waals surface area contributed by atoms with Crippen LogP contribution in [0.1, 0.15) is 5.56 Å². The van der Waals surface area contributed by atoms with E-state index in [0.29, 0.717) is 13.1 Å². The first-order chi connectivity index (χ1) is 7.31. The van der Waals surface area contributed by atoms with Gasteiger partial charge in [-0.3, -0.25) is 4.79 Å². The Kier molecular flexibility index (Phi) is 2.99. The summed E-state index contributed by atoms with van der Waals surface area (Å²) in [5, 5.41) is 12.0. The molecule has 1 aliphatic heterocycles. The van der Waals surface area contributed by atoms with Crippen molar-refractivity contribution in [2.75, 3.05) is 24.5 Å². The zero-order chi connectivity index (χ0) is 10.7. The maximum Gasteiger partial charge on any atom is 0.240 e. The van der Waals surface area contributed by atoms with Gasteiger partial charge in [-0.1, -0.05) is 12.1 Å². The Morgan fingerprint density at radius 3 is 3.07 bits per heavy atom. The van der Waals surface area contributed by atoms with Crippen LogP contribution in [0.4, 0.5) is 5.69 Å². The summed E-state index contributed by atoms with van der Waals surface area (Å²) in [6.07, 6.45) is 0. The lowest BCUT2D eigenvalue weighted by Crippen LogP contribution is -2.48. The Labute approximate surface area is 88.5 Å². The number of carbonyl (C=O) groups is 1. The number of rotatable bonds is 2. The molecule has 0 aromatic heterocycles. The summed E-state index contributed by atoms with van der Waals surface area (Å²) in [6.45, 7) is 1.90. The van der Waals surface area contributed by atoms with Crippen LogP contribution in [0, 0.1) is 0 Å². The minimum atomic E-state index is 0.00806. The number of aliphatic hydroxyl groups is 1. The Balaban J connectivity index is 2.23. The number of amides is 1. The van der Waals surface area contributed by atoms with Crippen molar-refractivity contribution in [1.82, 2.24) is 5.32 Å². The van der Waals surface area contributed by atoms with Gasteiger partial charge in [-0.25, -0.2) is 0 Å². The third-order valence-corrected chi connectivity index (χ3v) is 2.49. The molecule has 1 aromatic carbocycles. The molecular weight excluding hydrogens is 192 g/mol. The van der Waals surface area contributed by atoms with Crippen LogP contribution in [0.3, 0.4) is 0 Å². The first-order valence-corrected chi connectivity index (χ1v) is 5.02. The van der Waals surface area contributed by atoms with E-state index in [1.54, 1.807) is 4.90 Å². The third-order valence-electron chi connectivity index (χ3n) is 2.49. The number of nitrogens with one attached hydrogen (secondary N) is 1. The fourth-order valence-corrected chi connectivity index (χ4v) is 1.70. The van der Waals surface area contributed by atoms with Gasteiger partial charge in [0.05, 0.1) is 13.2 Å². The molecule has 2 rings (SSSR count). The predicted molar refractivity (Wildman–Crippen MR) is 57.6 cm³/mol. The maximum absolute atomic E-state index is 11.6. The SMILES string of the molecule is O=C1CNCCN1c1cccc(CO)c1. The van der Waals surface area contributed by atoms with Crippen LogP contribution in [0.15, 0.2) is 24.3 Å². The average Bonchev–Trinajstić information content (AvgIpc) is 2.30. The van der Waals surface area contributed by atoms with Gasteiger partial charge in [-0.2, -0.15) is 0 Å². The molecule has 15 heavy (non-hydrogen) atoms. The lowest BCUT2D eigenvalue weighted by molar-refractivity contribution is -0.118. The van der Waals surface area contributed by atoms with E-state index in [1.165, 1.54) is 0 Å². The standard InChI is InChI=1S/C11H14N2O2/c14-8-9-2-1-3-10(6-9)13-5-4-12-7-11(13)15/h1-3,6,12,14H,4-5,7-8H2. The molecule has 1 heterocycles. The molecule has 4 heteroatoms. The van der Waals surface area contributed by atoms with Gasteiger partial charge in [-0.15, -0.1) is 0 Å². The molecule has 0 atom stereocenters. The molecule has 0 unspecified atom stereocenters. The summed E-state index contributed by atoms with van der Waals surface area (Å²) < 4.78 is 0. The van der Waals surface area contributed by atoms with Gasteiger partial charge in [0.1, 0.15) is 0 Å². The van der Waals surface area contributed by atoms with Crippen molar-refractivity contribution in [3.63, 3.8) is 0 Å². The highest BCUT2D eigenvalue weighted by Gasteiger charge is 2.18. The number of hydrogen-bond acceptors (Lipinski definition) is 3. The van der Waals surface area contributed by atoms with Crippen molar-refractivity contribution in [2.24, 2.45) is 0 Å². The van der Waals surface area contributed by atoms with Crippen molar-refractivity contribution >= 4 is 11.6 Å². The minimum Gasteiger partial charge on any atom is -0.392 e. The number of piperazine rings is 1. The molecule has 0 saturated carbocycles. The van der Waals surface area contributed by atoms with Crippen LogP contribution in [0.2, 0.25) is 0 Å². The number of hydrogen-bond donors (Lipinski definition) is 2. The molecule has 2 N–H and O–H groups in total. The Bertz CT molecular complexity index is 365. The summed E-state index contributed by atoms with van der Waals surface area (Å²) in [7, 11) is 0. The van der Waals surface area contributed by atoms with Crippen LogP contribution >= 0.6 is 0 Å². The fourth-order valence-electron chi connectivity index (χ4n) is 1.70. The Morgan fingerprint density at radius 1 is 1.47 bits per heavy atom. The second-order valence-corrected chi connectivity index (χ2v) is 3.55. The van der Waals surface area contributed by atoms with Crippen LogP contribution in [-0.2, 0) is 11.4 Å². The van der Waals surface area contributed by atoms with Gasteiger partial charge in [0.25, 0.3) is 0 Å². The van der Waals surface area contributed by atoms with Crippen molar-refractivity contribution in [2.45, 2.75) is 6.61 Å². The number of carbonyl (C=O) groups excluding carboxylic acids is 1. The van der Waals surface area contributed by atoms with Gasteiger partial charge in [-0.05, 0) is 17.7 Å². The molecule has 1 aromatic rings. The van der Waals surface area contributed by atoms with Crippen LogP contribution in [0.25, 0.3) is 0 Å². The van der Waals surface area contributed by atoms with Crippen molar-refractivity contribution < 1.29 is 9.90 Å².